The standard InChI is InChI=1S/C9H17N3O4/c1-7(14)10-11-9(15)5-12-2-3-16-8(4-12)6-13/h8,13H,2-6H2,1H3,(H,10,14)(H,11,15). The molecular formula is C9H17N3O4. The maximum atomic E-state index is 11.3. The second-order valence-electron chi connectivity index (χ2n) is 3.64. The molecule has 1 saturated heterocycles. The Labute approximate surface area is 93.7 Å². The minimum Gasteiger partial charge on any atom is -0.394 e. The minimum atomic E-state index is -0.316. The summed E-state index contributed by atoms with van der Waals surface area (Å²) < 4.78 is 5.24. The fraction of sp³-hybridized carbons (Fsp3) is 0.778. The second kappa shape index (κ2) is 6.41. The van der Waals surface area contributed by atoms with E-state index in [-0.39, 0.29) is 31.1 Å². The SMILES string of the molecule is CC(=O)NNC(=O)CN1CCOC(CO)C1. The van der Waals surface area contributed by atoms with Gasteiger partial charge in [-0.1, -0.05) is 0 Å². The number of hydrazine groups is 1. The molecule has 0 aliphatic carbocycles. The summed E-state index contributed by atoms with van der Waals surface area (Å²) >= 11 is 0. The fourth-order valence-electron chi connectivity index (χ4n) is 1.43. The maximum Gasteiger partial charge on any atom is 0.252 e. The van der Waals surface area contributed by atoms with E-state index in [1.807, 2.05) is 4.90 Å². The van der Waals surface area contributed by atoms with Crippen LogP contribution in [0.3, 0.4) is 0 Å². The van der Waals surface area contributed by atoms with Gasteiger partial charge in [-0.05, 0) is 0 Å². The van der Waals surface area contributed by atoms with Crippen molar-refractivity contribution in [1.82, 2.24) is 15.8 Å². The number of morpholine rings is 1. The summed E-state index contributed by atoms with van der Waals surface area (Å²) in [4.78, 5) is 23.7. The molecule has 0 saturated carbocycles. The summed E-state index contributed by atoms with van der Waals surface area (Å²) in [5, 5.41) is 8.91. The van der Waals surface area contributed by atoms with Crippen LogP contribution < -0.4 is 10.9 Å². The lowest BCUT2D eigenvalue weighted by molar-refractivity contribution is -0.130. The first-order valence-corrected chi connectivity index (χ1v) is 5.12. The maximum absolute atomic E-state index is 11.3. The Morgan fingerprint density at radius 2 is 2.25 bits per heavy atom. The predicted octanol–water partition coefficient (Wildman–Crippen LogP) is -2.15. The number of hydrogen-bond donors (Lipinski definition) is 3. The number of amides is 2. The average molecular weight is 231 g/mol. The third kappa shape index (κ3) is 4.56. The molecular weight excluding hydrogens is 214 g/mol. The number of carbonyl (C=O) groups excluding carboxylic acids is 2. The van der Waals surface area contributed by atoms with Crippen LogP contribution in [0.1, 0.15) is 6.92 Å². The zero-order valence-corrected chi connectivity index (χ0v) is 9.23. The molecule has 0 aromatic carbocycles. The smallest absolute Gasteiger partial charge is 0.252 e. The summed E-state index contributed by atoms with van der Waals surface area (Å²) in [5.41, 5.74) is 4.49. The van der Waals surface area contributed by atoms with Gasteiger partial charge >= 0.3 is 0 Å². The van der Waals surface area contributed by atoms with Gasteiger partial charge in [0.1, 0.15) is 0 Å². The first-order valence-electron chi connectivity index (χ1n) is 5.12. The summed E-state index contributed by atoms with van der Waals surface area (Å²) in [6.45, 7) is 3.10. The number of nitrogens with one attached hydrogen (secondary N) is 2. The van der Waals surface area contributed by atoms with Crippen molar-refractivity contribution in [1.29, 1.82) is 0 Å². The van der Waals surface area contributed by atoms with Crippen LogP contribution >= 0.6 is 0 Å². The summed E-state index contributed by atoms with van der Waals surface area (Å²) in [5.74, 6) is -0.600. The van der Waals surface area contributed by atoms with Crippen LogP contribution in [-0.2, 0) is 14.3 Å². The van der Waals surface area contributed by atoms with Crippen LogP contribution in [0.5, 0.6) is 0 Å². The molecule has 0 spiro atoms. The molecule has 1 aliphatic rings. The lowest BCUT2D eigenvalue weighted by atomic mass is 10.3. The molecule has 1 heterocycles. The van der Waals surface area contributed by atoms with Gasteiger partial charge in [-0.25, -0.2) is 0 Å². The van der Waals surface area contributed by atoms with Crippen molar-refractivity contribution < 1.29 is 19.4 Å². The third-order valence-corrected chi connectivity index (χ3v) is 2.17. The van der Waals surface area contributed by atoms with Crippen molar-refractivity contribution >= 4 is 11.8 Å². The van der Waals surface area contributed by atoms with Gasteiger partial charge in [0.25, 0.3) is 5.91 Å². The highest BCUT2D eigenvalue weighted by atomic mass is 16.5. The Morgan fingerprint density at radius 3 is 2.88 bits per heavy atom. The van der Waals surface area contributed by atoms with Crippen LogP contribution in [0.4, 0.5) is 0 Å². The molecule has 0 aromatic heterocycles. The van der Waals surface area contributed by atoms with E-state index >= 15 is 0 Å². The number of carbonyl (C=O) groups is 2. The van der Waals surface area contributed by atoms with Gasteiger partial charge in [0.05, 0.1) is 25.9 Å². The molecule has 0 aromatic rings. The summed E-state index contributed by atoms with van der Waals surface area (Å²) in [6.07, 6.45) is -0.234. The Bertz CT molecular complexity index is 259. The first kappa shape index (κ1) is 12.9. The molecule has 0 bridgehead atoms. The van der Waals surface area contributed by atoms with E-state index in [2.05, 4.69) is 10.9 Å². The fourth-order valence-corrected chi connectivity index (χ4v) is 1.43. The topological polar surface area (TPSA) is 90.9 Å². The zero-order valence-electron chi connectivity index (χ0n) is 9.23. The largest absolute Gasteiger partial charge is 0.394 e. The van der Waals surface area contributed by atoms with Gasteiger partial charge in [-0.3, -0.25) is 25.3 Å². The Hall–Kier alpha value is -1.18. The normalized spacial score (nSPS) is 21.5. The molecule has 92 valence electrons. The van der Waals surface area contributed by atoms with Gasteiger partial charge in [-0.15, -0.1) is 0 Å². The Morgan fingerprint density at radius 1 is 1.50 bits per heavy atom. The van der Waals surface area contributed by atoms with Crippen LogP contribution in [0, 0.1) is 0 Å². The van der Waals surface area contributed by atoms with E-state index in [1.54, 1.807) is 0 Å². The highest BCUT2D eigenvalue weighted by molar-refractivity contribution is 5.81. The van der Waals surface area contributed by atoms with Crippen molar-refractivity contribution in [2.75, 3.05) is 32.8 Å². The number of nitrogens with zero attached hydrogens (tertiary/aromatic N) is 1. The lowest BCUT2D eigenvalue weighted by Gasteiger charge is -2.31. The van der Waals surface area contributed by atoms with E-state index in [9.17, 15) is 9.59 Å². The molecule has 7 nitrogen and oxygen atoms in total. The van der Waals surface area contributed by atoms with E-state index in [4.69, 9.17) is 9.84 Å². The first-order chi connectivity index (χ1) is 7.61. The van der Waals surface area contributed by atoms with E-state index in [0.717, 1.165) is 0 Å². The zero-order chi connectivity index (χ0) is 12.0. The summed E-state index contributed by atoms with van der Waals surface area (Å²) in [6, 6.07) is 0. The van der Waals surface area contributed by atoms with Crippen LogP contribution in [0.25, 0.3) is 0 Å². The molecule has 7 heteroatoms. The molecule has 3 N–H and O–H groups in total. The number of hydrogen-bond acceptors (Lipinski definition) is 5. The molecule has 2 amide bonds. The number of aliphatic hydroxyl groups excluding tert-OH is 1. The molecule has 0 radical (unpaired) electrons. The highest BCUT2D eigenvalue weighted by Gasteiger charge is 2.21. The molecule has 1 aliphatic heterocycles. The number of aliphatic hydroxyl groups is 1. The van der Waals surface area contributed by atoms with Crippen molar-refractivity contribution in [3.05, 3.63) is 0 Å². The second-order valence-corrected chi connectivity index (χ2v) is 3.64. The molecule has 1 rings (SSSR count). The van der Waals surface area contributed by atoms with Crippen LogP contribution in [0.2, 0.25) is 0 Å². The molecule has 1 fully saturated rings. The number of rotatable bonds is 3. The summed E-state index contributed by atoms with van der Waals surface area (Å²) in [7, 11) is 0. The molecule has 1 atom stereocenters. The van der Waals surface area contributed by atoms with Crippen molar-refractivity contribution in [3.8, 4) is 0 Å². The Kier molecular flexibility index (Phi) is 5.17. The van der Waals surface area contributed by atoms with Gasteiger partial charge < -0.3 is 9.84 Å². The van der Waals surface area contributed by atoms with E-state index in [1.165, 1.54) is 6.92 Å². The van der Waals surface area contributed by atoms with Gasteiger partial charge in [0.15, 0.2) is 0 Å². The lowest BCUT2D eigenvalue weighted by Crippen LogP contribution is -2.50. The minimum absolute atomic E-state index is 0.0518. The van der Waals surface area contributed by atoms with Crippen LogP contribution in [0.15, 0.2) is 0 Å². The van der Waals surface area contributed by atoms with Gasteiger partial charge in [-0.2, -0.15) is 0 Å². The van der Waals surface area contributed by atoms with Crippen molar-refractivity contribution in [2.24, 2.45) is 0 Å². The monoisotopic (exact) mass is 231 g/mol. The average Bonchev–Trinajstić information content (AvgIpc) is 2.26. The van der Waals surface area contributed by atoms with Crippen LogP contribution in [-0.4, -0.2) is 60.8 Å². The van der Waals surface area contributed by atoms with E-state index < -0.39 is 0 Å². The highest BCUT2D eigenvalue weighted by Crippen LogP contribution is 2.03. The number of ether oxygens (including phenoxy) is 1. The molecule has 16 heavy (non-hydrogen) atoms. The van der Waals surface area contributed by atoms with Gasteiger partial charge in [0.2, 0.25) is 5.91 Å². The van der Waals surface area contributed by atoms with Crippen molar-refractivity contribution in [2.45, 2.75) is 13.0 Å². The third-order valence-electron chi connectivity index (χ3n) is 2.17. The van der Waals surface area contributed by atoms with Crippen molar-refractivity contribution in [3.63, 3.8) is 0 Å². The van der Waals surface area contributed by atoms with Gasteiger partial charge in [0, 0.05) is 20.0 Å². The molecule has 1 unspecified atom stereocenters. The quantitative estimate of drug-likeness (QED) is 0.482. The van der Waals surface area contributed by atoms with E-state index in [0.29, 0.717) is 19.7 Å². The predicted molar refractivity (Wildman–Crippen MR) is 55.2 cm³/mol. The Balaban J connectivity index is 2.25.